The maximum atomic E-state index is 5.00. The lowest BCUT2D eigenvalue weighted by Gasteiger charge is -2.04. The van der Waals surface area contributed by atoms with Crippen molar-refractivity contribution in [3.8, 4) is 0 Å². The number of hydrogen-bond acceptors (Lipinski definition) is 3. The summed E-state index contributed by atoms with van der Waals surface area (Å²) in [5, 5.41) is 7.54. The van der Waals surface area contributed by atoms with Gasteiger partial charge in [-0.3, -0.25) is 10.4 Å². The van der Waals surface area contributed by atoms with Crippen LogP contribution in [0.3, 0.4) is 0 Å². The van der Waals surface area contributed by atoms with Crippen molar-refractivity contribution in [2.24, 2.45) is 5.10 Å². The summed E-state index contributed by atoms with van der Waals surface area (Å²) in [5.41, 5.74) is 4.51. The van der Waals surface area contributed by atoms with Gasteiger partial charge < -0.3 is 5.32 Å². The summed E-state index contributed by atoms with van der Waals surface area (Å²) >= 11 is 5.00. The highest BCUT2D eigenvalue weighted by atomic mass is 32.1. The van der Waals surface area contributed by atoms with E-state index in [1.165, 1.54) is 0 Å². The number of aromatic nitrogens is 1. The fraction of sp³-hybridized carbons (Fsp3) is 0.364. The van der Waals surface area contributed by atoms with Crippen LogP contribution in [0.5, 0.6) is 0 Å². The number of nitrogens with zero attached hydrogens (tertiary/aromatic N) is 2. The third-order valence-corrected chi connectivity index (χ3v) is 2.04. The smallest absolute Gasteiger partial charge is 0.186 e. The molecule has 5 heteroatoms. The standard InChI is InChI=1S/C11H16N4S/c1-3-7-12-11(16)15-13-8-10-6-4-5-9(2)14-10/h4-6,8H,3,7H2,1-2H3,(H2,12,15,16)/b13-8+. The molecule has 0 spiro atoms. The van der Waals surface area contributed by atoms with E-state index in [2.05, 4.69) is 27.8 Å². The van der Waals surface area contributed by atoms with Crippen LogP contribution in [0, 0.1) is 6.92 Å². The van der Waals surface area contributed by atoms with Crippen molar-refractivity contribution in [3.63, 3.8) is 0 Å². The van der Waals surface area contributed by atoms with Crippen LogP contribution in [0.2, 0.25) is 0 Å². The van der Waals surface area contributed by atoms with E-state index in [4.69, 9.17) is 12.2 Å². The first-order chi connectivity index (χ1) is 7.72. The van der Waals surface area contributed by atoms with Gasteiger partial charge in [0.2, 0.25) is 0 Å². The van der Waals surface area contributed by atoms with E-state index in [-0.39, 0.29) is 0 Å². The Morgan fingerprint density at radius 3 is 3.06 bits per heavy atom. The second-order valence-electron chi connectivity index (χ2n) is 3.33. The van der Waals surface area contributed by atoms with Crippen LogP contribution < -0.4 is 10.7 Å². The predicted molar refractivity (Wildman–Crippen MR) is 70.6 cm³/mol. The number of hydrogen-bond donors (Lipinski definition) is 2. The minimum Gasteiger partial charge on any atom is -0.361 e. The lowest BCUT2D eigenvalue weighted by atomic mass is 10.3. The Hall–Kier alpha value is -1.49. The lowest BCUT2D eigenvalue weighted by Crippen LogP contribution is -2.32. The second kappa shape index (κ2) is 6.90. The average molecular weight is 236 g/mol. The van der Waals surface area contributed by atoms with Gasteiger partial charge in [-0.2, -0.15) is 5.10 Å². The molecule has 0 aliphatic rings. The summed E-state index contributed by atoms with van der Waals surface area (Å²) in [6.07, 6.45) is 2.68. The highest BCUT2D eigenvalue weighted by Crippen LogP contribution is 1.94. The molecule has 0 aromatic carbocycles. The van der Waals surface area contributed by atoms with Crippen LogP contribution in [0.1, 0.15) is 24.7 Å². The van der Waals surface area contributed by atoms with E-state index in [0.717, 1.165) is 24.4 Å². The molecular weight excluding hydrogens is 220 g/mol. The largest absolute Gasteiger partial charge is 0.361 e. The molecule has 0 unspecified atom stereocenters. The third-order valence-electron chi connectivity index (χ3n) is 1.81. The number of thiocarbonyl (C=S) groups is 1. The van der Waals surface area contributed by atoms with E-state index in [9.17, 15) is 0 Å². The molecular formula is C11H16N4S. The molecule has 0 saturated heterocycles. The summed E-state index contributed by atoms with van der Waals surface area (Å²) in [7, 11) is 0. The first kappa shape index (κ1) is 12.6. The summed E-state index contributed by atoms with van der Waals surface area (Å²) in [4.78, 5) is 4.28. The molecule has 0 radical (unpaired) electrons. The minimum atomic E-state index is 0.533. The highest BCUT2D eigenvalue weighted by Gasteiger charge is 1.91. The van der Waals surface area contributed by atoms with Crippen molar-refractivity contribution >= 4 is 23.5 Å². The van der Waals surface area contributed by atoms with E-state index in [0.29, 0.717) is 5.11 Å². The van der Waals surface area contributed by atoms with Crippen molar-refractivity contribution in [1.29, 1.82) is 0 Å². The van der Waals surface area contributed by atoms with Gasteiger partial charge >= 0.3 is 0 Å². The minimum absolute atomic E-state index is 0.533. The first-order valence-corrected chi connectivity index (χ1v) is 5.63. The molecule has 2 N–H and O–H groups in total. The fourth-order valence-electron chi connectivity index (χ4n) is 1.07. The van der Waals surface area contributed by atoms with Crippen molar-refractivity contribution in [1.82, 2.24) is 15.7 Å². The van der Waals surface area contributed by atoms with Gasteiger partial charge in [0.25, 0.3) is 0 Å². The molecule has 1 rings (SSSR count). The van der Waals surface area contributed by atoms with Crippen molar-refractivity contribution in [3.05, 3.63) is 29.6 Å². The van der Waals surface area contributed by atoms with Gasteiger partial charge in [-0.05, 0) is 37.7 Å². The summed E-state index contributed by atoms with van der Waals surface area (Å²) in [6.45, 7) is 4.87. The van der Waals surface area contributed by atoms with Gasteiger partial charge in [0.15, 0.2) is 5.11 Å². The lowest BCUT2D eigenvalue weighted by molar-refractivity contribution is 0.817. The van der Waals surface area contributed by atoms with Gasteiger partial charge in [-0.1, -0.05) is 13.0 Å². The molecule has 0 fully saturated rings. The Morgan fingerprint density at radius 2 is 2.38 bits per heavy atom. The molecule has 1 heterocycles. The van der Waals surface area contributed by atoms with Crippen LogP contribution in [0.25, 0.3) is 0 Å². The molecule has 0 aliphatic carbocycles. The monoisotopic (exact) mass is 236 g/mol. The SMILES string of the molecule is CCCNC(=S)N/N=C/c1cccc(C)n1. The Labute approximate surface area is 101 Å². The quantitative estimate of drug-likeness (QED) is 0.473. The van der Waals surface area contributed by atoms with Gasteiger partial charge in [0, 0.05) is 12.2 Å². The van der Waals surface area contributed by atoms with Crippen LogP contribution >= 0.6 is 12.2 Å². The molecule has 0 amide bonds. The normalized spacial score (nSPS) is 10.4. The summed E-state index contributed by atoms with van der Waals surface area (Å²) in [5.74, 6) is 0. The number of pyridine rings is 1. The number of rotatable bonds is 4. The van der Waals surface area contributed by atoms with E-state index in [1.807, 2.05) is 25.1 Å². The van der Waals surface area contributed by atoms with Crippen LogP contribution in [0.15, 0.2) is 23.3 Å². The fourth-order valence-corrected chi connectivity index (χ4v) is 1.23. The van der Waals surface area contributed by atoms with Crippen molar-refractivity contribution < 1.29 is 0 Å². The van der Waals surface area contributed by atoms with Gasteiger partial charge in [-0.15, -0.1) is 0 Å². The molecule has 4 nitrogen and oxygen atoms in total. The number of hydrazone groups is 1. The topological polar surface area (TPSA) is 49.3 Å². The Bertz CT molecular complexity index is 376. The Balaban J connectivity index is 2.40. The van der Waals surface area contributed by atoms with E-state index < -0.39 is 0 Å². The maximum Gasteiger partial charge on any atom is 0.186 e. The Morgan fingerprint density at radius 1 is 1.56 bits per heavy atom. The van der Waals surface area contributed by atoms with E-state index >= 15 is 0 Å². The average Bonchev–Trinajstić information content (AvgIpc) is 2.26. The molecule has 1 aromatic rings. The molecule has 86 valence electrons. The molecule has 0 bridgehead atoms. The predicted octanol–water partition coefficient (Wildman–Crippen LogP) is 1.60. The molecule has 0 saturated carbocycles. The summed E-state index contributed by atoms with van der Waals surface area (Å²) in [6, 6.07) is 5.77. The van der Waals surface area contributed by atoms with Gasteiger partial charge in [-0.25, -0.2) is 0 Å². The maximum absolute atomic E-state index is 5.00. The van der Waals surface area contributed by atoms with Crippen LogP contribution in [-0.4, -0.2) is 22.9 Å². The molecule has 1 aromatic heterocycles. The van der Waals surface area contributed by atoms with Gasteiger partial charge in [0.05, 0.1) is 11.9 Å². The van der Waals surface area contributed by atoms with Gasteiger partial charge in [0.1, 0.15) is 0 Å². The van der Waals surface area contributed by atoms with E-state index in [1.54, 1.807) is 6.21 Å². The Kier molecular flexibility index (Phi) is 5.42. The van der Waals surface area contributed by atoms with Crippen molar-refractivity contribution in [2.75, 3.05) is 6.54 Å². The zero-order valence-corrected chi connectivity index (χ0v) is 10.3. The number of aryl methyl sites for hydroxylation is 1. The zero-order valence-electron chi connectivity index (χ0n) is 9.53. The number of nitrogens with one attached hydrogen (secondary N) is 2. The first-order valence-electron chi connectivity index (χ1n) is 5.23. The zero-order chi connectivity index (χ0) is 11.8. The van der Waals surface area contributed by atoms with Crippen molar-refractivity contribution in [2.45, 2.75) is 20.3 Å². The molecule has 16 heavy (non-hydrogen) atoms. The summed E-state index contributed by atoms with van der Waals surface area (Å²) < 4.78 is 0. The third kappa shape index (κ3) is 4.84. The molecule has 0 atom stereocenters. The van der Waals surface area contributed by atoms with Crippen LogP contribution in [-0.2, 0) is 0 Å². The van der Waals surface area contributed by atoms with Crippen LogP contribution in [0.4, 0.5) is 0 Å². The molecule has 0 aliphatic heterocycles. The highest BCUT2D eigenvalue weighted by molar-refractivity contribution is 7.80. The second-order valence-corrected chi connectivity index (χ2v) is 3.74.